The van der Waals surface area contributed by atoms with Crippen LogP contribution in [-0.4, -0.2) is 54.8 Å². The number of piperidine rings is 1. The molecule has 0 saturated carbocycles. The number of benzene rings is 1. The van der Waals surface area contributed by atoms with Gasteiger partial charge in [-0.15, -0.1) is 0 Å². The first-order chi connectivity index (χ1) is 12.0. The van der Waals surface area contributed by atoms with Crippen LogP contribution in [0.1, 0.15) is 35.2 Å². The van der Waals surface area contributed by atoms with Crippen LogP contribution in [0.5, 0.6) is 0 Å². The predicted octanol–water partition coefficient (Wildman–Crippen LogP) is 0.246. The molecule has 0 spiro atoms. The van der Waals surface area contributed by atoms with Crippen molar-refractivity contribution in [3.8, 4) is 0 Å². The molecular weight excluding hydrogens is 320 g/mol. The Bertz CT molecular complexity index is 742. The lowest BCUT2D eigenvalue weighted by Crippen LogP contribution is -2.52. The Morgan fingerprint density at radius 3 is 2.76 bits per heavy atom. The summed E-state index contributed by atoms with van der Waals surface area (Å²) in [6.07, 6.45) is 1.78. The number of nitrogens with zero attached hydrogens (tertiary/aromatic N) is 2. The van der Waals surface area contributed by atoms with Gasteiger partial charge in [0.2, 0.25) is 11.8 Å². The molecular formula is C18H22N4O3. The molecule has 2 N–H and O–H groups in total. The molecule has 7 heteroatoms. The van der Waals surface area contributed by atoms with E-state index in [2.05, 4.69) is 28.6 Å². The van der Waals surface area contributed by atoms with Gasteiger partial charge in [-0.05, 0) is 43.1 Å². The summed E-state index contributed by atoms with van der Waals surface area (Å²) in [5.41, 5.74) is 2.70. The average Bonchev–Trinajstić information content (AvgIpc) is 3.23. The quantitative estimate of drug-likeness (QED) is 0.770. The Hall–Kier alpha value is -2.41. The molecule has 1 aromatic rings. The summed E-state index contributed by atoms with van der Waals surface area (Å²) < 4.78 is 0. The largest absolute Gasteiger partial charge is 0.370 e. The van der Waals surface area contributed by atoms with Crippen LogP contribution in [0.4, 0.5) is 5.69 Å². The first-order valence-corrected chi connectivity index (χ1v) is 8.76. The summed E-state index contributed by atoms with van der Waals surface area (Å²) >= 11 is 0. The number of amides is 3. The van der Waals surface area contributed by atoms with Gasteiger partial charge in [0.25, 0.3) is 5.91 Å². The van der Waals surface area contributed by atoms with Crippen molar-refractivity contribution in [2.45, 2.75) is 37.9 Å². The van der Waals surface area contributed by atoms with Gasteiger partial charge < -0.3 is 15.1 Å². The standard InChI is InChI=1S/C18H22N4O3/c1-21(13-6-7-19-9-13)12-2-3-14-11(8-12)10-22(18(14)25)15-4-5-16(23)20-17(15)24/h2-3,8,13,15,19H,4-7,9-10H2,1H3,(H,20,23,24). The van der Waals surface area contributed by atoms with Gasteiger partial charge in [-0.1, -0.05) is 0 Å². The topological polar surface area (TPSA) is 81.8 Å². The lowest BCUT2D eigenvalue weighted by atomic mass is 10.0. The van der Waals surface area contributed by atoms with Gasteiger partial charge >= 0.3 is 0 Å². The first kappa shape index (κ1) is 16.1. The van der Waals surface area contributed by atoms with E-state index in [4.69, 9.17) is 0 Å². The van der Waals surface area contributed by atoms with Crippen molar-refractivity contribution in [3.63, 3.8) is 0 Å². The fraction of sp³-hybridized carbons (Fsp3) is 0.500. The van der Waals surface area contributed by atoms with Crippen molar-refractivity contribution in [1.82, 2.24) is 15.5 Å². The highest BCUT2D eigenvalue weighted by atomic mass is 16.2. The van der Waals surface area contributed by atoms with Crippen molar-refractivity contribution >= 4 is 23.4 Å². The highest BCUT2D eigenvalue weighted by Gasteiger charge is 2.39. The highest BCUT2D eigenvalue weighted by molar-refractivity contribution is 6.05. The molecule has 25 heavy (non-hydrogen) atoms. The molecule has 3 aliphatic rings. The summed E-state index contributed by atoms with van der Waals surface area (Å²) in [4.78, 5) is 40.0. The van der Waals surface area contributed by atoms with Crippen LogP contribution in [0.2, 0.25) is 0 Å². The summed E-state index contributed by atoms with van der Waals surface area (Å²) in [7, 11) is 2.08. The second-order valence-electron chi connectivity index (χ2n) is 7.00. The van der Waals surface area contributed by atoms with Crippen molar-refractivity contribution in [1.29, 1.82) is 0 Å². The van der Waals surface area contributed by atoms with Crippen LogP contribution < -0.4 is 15.5 Å². The normalized spacial score (nSPS) is 26.0. The number of hydrogen-bond acceptors (Lipinski definition) is 5. The van der Waals surface area contributed by atoms with Crippen molar-refractivity contribution in [2.75, 3.05) is 25.0 Å². The highest BCUT2D eigenvalue weighted by Crippen LogP contribution is 2.31. The predicted molar refractivity (Wildman–Crippen MR) is 92.2 cm³/mol. The smallest absolute Gasteiger partial charge is 0.255 e. The zero-order valence-corrected chi connectivity index (χ0v) is 14.2. The van der Waals surface area contributed by atoms with E-state index < -0.39 is 6.04 Å². The molecule has 2 atom stereocenters. The molecule has 3 amide bonds. The second-order valence-corrected chi connectivity index (χ2v) is 7.00. The van der Waals surface area contributed by atoms with Crippen LogP contribution >= 0.6 is 0 Å². The molecule has 2 fully saturated rings. The number of rotatable bonds is 3. The molecule has 0 aromatic heterocycles. The molecule has 0 radical (unpaired) electrons. The number of nitrogens with one attached hydrogen (secondary N) is 2. The Morgan fingerprint density at radius 2 is 2.04 bits per heavy atom. The molecule has 0 aliphatic carbocycles. The zero-order valence-electron chi connectivity index (χ0n) is 14.2. The van der Waals surface area contributed by atoms with Gasteiger partial charge in [0.1, 0.15) is 6.04 Å². The molecule has 1 aromatic carbocycles. The van der Waals surface area contributed by atoms with Gasteiger partial charge in [0.15, 0.2) is 0 Å². The van der Waals surface area contributed by atoms with Gasteiger partial charge in [-0.3, -0.25) is 19.7 Å². The molecule has 3 heterocycles. The Morgan fingerprint density at radius 1 is 1.20 bits per heavy atom. The minimum Gasteiger partial charge on any atom is -0.370 e. The summed E-state index contributed by atoms with van der Waals surface area (Å²) in [6.45, 7) is 2.42. The number of imide groups is 1. The third-order valence-corrected chi connectivity index (χ3v) is 5.50. The molecule has 0 bridgehead atoms. The van der Waals surface area contributed by atoms with E-state index in [1.165, 1.54) is 0 Å². The maximum Gasteiger partial charge on any atom is 0.255 e. The fourth-order valence-corrected chi connectivity index (χ4v) is 3.96. The maximum absolute atomic E-state index is 12.7. The molecule has 7 nitrogen and oxygen atoms in total. The molecule has 3 aliphatic heterocycles. The van der Waals surface area contributed by atoms with Gasteiger partial charge in [0, 0.05) is 43.9 Å². The zero-order chi connectivity index (χ0) is 17.6. The monoisotopic (exact) mass is 342 g/mol. The SMILES string of the molecule is CN(c1ccc2c(c1)CN(C1CCC(=O)NC1=O)C2=O)C1CCNC1. The maximum atomic E-state index is 12.7. The van der Waals surface area contributed by atoms with Crippen LogP contribution in [0, 0.1) is 0 Å². The number of fused-ring (bicyclic) bond motifs is 1. The Balaban J connectivity index is 1.55. The van der Waals surface area contributed by atoms with Crippen LogP contribution in [0.3, 0.4) is 0 Å². The summed E-state index contributed by atoms with van der Waals surface area (Å²) in [5, 5.41) is 5.70. The molecule has 2 saturated heterocycles. The van der Waals surface area contributed by atoms with Gasteiger partial charge in [0.05, 0.1) is 0 Å². The second kappa shape index (κ2) is 6.15. The molecule has 4 rings (SSSR count). The lowest BCUT2D eigenvalue weighted by Gasteiger charge is -2.29. The van der Waals surface area contributed by atoms with E-state index >= 15 is 0 Å². The fourth-order valence-electron chi connectivity index (χ4n) is 3.96. The van der Waals surface area contributed by atoms with Crippen molar-refractivity contribution in [2.24, 2.45) is 0 Å². The third kappa shape index (κ3) is 2.78. The van der Waals surface area contributed by atoms with E-state index in [1.54, 1.807) is 4.90 Å². The minimum atomic E-state index is -0.558. The molecule has 132 valence electrons. The molecule has 2 unspecified atom stereocenters. The average molecular weight is 342 g/mol. The number of likely N-dealkylation sites (N-methyl/N-ethyl adjacent to an activating group) is 1. The van der Waals surface area contributed by atoms with E-state index in [0.29, 0.717) is 24.6 Å². The van der Waals surface area contributed by atoms with Crippen LogP contribution in [0.25, 0.3) is 0 Å². The van der Waals surface area contributed by atoms with E-state index in [-0.39, 0.29) is 24.1 Å². The summed E-state index contributed by atoms with van der Waals surface area (Å²) in [5.74, 6) is -0.757. The first-order valence-electron chi connectivity index (χ1n) is 8.76. The number of carbonyl (C=O) groups excluding carboxylic acids is 3. The Labute approximate surface area is 146 Å². The van der Waals surface area contributed by atoms with Crippen LogP contribution in [-0.2, 0) is 16.1 Å². The van der Waals surface area contributed by atoms with Crippen molar-refractivity contribution in [3.05, 3.63) is 29.3 Å². The third-order valence-electron chi connectivity index (χ3n) is 5.50. The van der Waals surface area contributed by atoms with E-state index in [1.807, 2.05) is 12.1 Å². The summed E-state index contributed by atoms with van der Waals surface area (Å²) in [6, 6.07) is 5.79. The number of anilines is 1. The van der Waals surface area contributed by atoms with Gasteiger partial charge in [-0.25, -0.2) is 0 Å². The van der Waals surface area contributed by atoms with Crippen LogP contribution in [0.15, 0.2) is 18.2 Å². The lowest BCUT2D eigenvalue weighted by molar-refractivity contribution is -0.136. The number of carbonyl (C=O) groups is 3. The number of hydrogen-bond donors (Lipinski definition) is 2. The minimum absolute atomic E-state index is 0.124. The van der Waals surface area contributed by atoms with Crippen molar-refractivity contribution < 1.29 is 14.4 Å². The van der Waals surface area contributed by atoms with E-state index in [0.717, 1.165) is 30.8 Å². The Kier molecular flexibility index (Phi) is 3.95. The van der Waals surface area contributed by atoms with Gasteiger partial charge in [-0.2, -0.15) is 0 Å². The van der Waals surface area contributed by atoms with E-state index in [9.17, 15) is 14.4 Å².